The van der Waals surface area contributed by atoms with Crippen molar-refractivity contribution in [2.45, 2.75) is 58.5 Å². The molecule has 0 amide bonds. The first kappa shape index (κ1) is 14.2. The lowest BCUT2D eigenvalue weighted by Crippen LogP contribution is -2.30. The molecular formula is C16H26N2O. The van der Waals surface area contributed by atoms with Gasteiger partial charge in [0.25, 0.3) is 0 Å². The lowest BCUT2D eigenvalue weighted by molar-refractivity contribution is 0.0860. The molecule has 2 unspecified atom stereocenters. The number of pyridine rings is 1. The normalized spacial score (nSPS) is 23.1. The second kappa shape index (κ2) is 7.37. The number of hydrogen-bond donors (Lipinski definition) is 1. The summed E-state index contributed by atoms with van der Waals surface area (Å²) in [5.41, 5.74) is 0. The minimum atomic E-state index is 0.354. The second-order valence-electron chi connectivity index (χ2n) is 5.40. The van der Waals surface area contributed by atoms with Gasteiger partial charge in [0.05, 0.1) is 0 Å². The van der Waals surface area contributed by atoms with E-state index in [1.807, 2.05) is 18.2 Å². The molecule has 1 fully saturated rings. The molecule has 19 heavy (non-hydrogen) atoms. The zero-order valence-electron chi connectivity index (χ0n) is 12.2. The third-order valence-corrected chi connectivity index (χ3v) is 3.92. The molecule has 3 nitrogen and oxygen atoms in total. The van der Waals surface area contributed by atoms with Crippen molar-refractivity contribution in [3.63, 3.8) is 0 Å². The van der Waals surface area contributed by atoms with Gasteiger partial charge < -0.3 is 10.1 Å². The maximum absolute atomic E-state index is 6.13. The summed E-state index contributed by atoms with van der Waals surface area (Å²) in [6.07, 6.45) is 7.78. The Labute approximate surface area is 116 Å². The van der Waals surface area contributed by atoms with Crippen LogP contribution in [0.4, 0.5) is 5.82 Å². The lowest BCUT2D eigenvalue weighted by atomic mass is 9.85. The third-order valence-electron chi connectivity index (χ3n) is 3.92. The molecule has 0 spiro atoms. The molecule has 1 N–H and O–H groups in total. The van der Waals surface area contributed by atoms with Gasteiger partial charge in [-0.05, 0) is 44.1 Å². The highest BCUT2D eigenvalue weighted by atomic mass is 16.5. The van der Waals surface area contributed by atoms with Gasteiger partial charge >= 0.3 is 0 Å². The Morgan fingerprint density at radius 2 is 2.11 bits per heavy atom. The molecule has 106 valence electrons. The summed E-state index contributed by atoms with van der Waals surface area (Å²) in [6.45, 7) is 5.37. The van der Waals surface area contributed by atoms with Crippen molar-refractivity contribution in [1.29, 1.82) is 0 Å². The Hall–Kier alpha value is -1.25. The second-order valence-corrected chi connectivity index (χ2v) is 5.40. The van der Waals surface area contributed by atoms with E-state index in [1.165, 1.54) is 32.1 Å². The largest absolute Gasteiger partial charge is 0.474 e. The number of nitrogens with one attached hydrogen (secondary N) is 1. The van der Waals surface area contributed by atoms with E-state index >= 15 is 0 Å². The Morgan fingerprint density at radius 1 is 1.26 bits per heavy atom. The molecular weight excluding hydrogens is 236 g/mol. The molecule has 0 radical (unpaired) electrons. The van der Waals surface area contributed by atoms with Gasteiger partial charge in [0.2, 0.25) is 5.88 Å². The van der Waals surface area contributed by atoms with Crippen LogP contribution >= 0.6 is 0 Å². The van der Waals surface area contributed by atoms with E-state index < -0.39 is 0 Å². The first-order valence-electron chi connectivity index (χ1n) is 7.71. The van der Waals surface area contributed by atoms with Gasteiger partial charge in [-0.1, -0.05) is 26.3 Å². The van der Waals surface area contributed by atoms with Crippen molar-refractivity contribution in [1.82, 2.24) is 4.98 Å². The molecule has 1 aromatic rings. The van der Waals surface area contributed by atoms with E-state index in [0.29, 0.717) is 12.0 Å². The summed E-state index contributed by atoms with van der Waals surface area (Å²) in [6, 6.07) is 5.99. The number of ether oxygens (including phenoxy) is 1. The number of hydrogen-bond acceptors (Lipinski definition) is 3. The maximum atomic E-state index is 6.13. The third kappa shape index (κ3) is 4.12. The predicted molar refractivity (Wildman–Crippen MR) is 79.7 cm³/mol. The molecule has 0 saturated heterocycles. The molecule has 1 heterocycles. The fraction of sp³-hybridized carbons (Fsp3) is 0.688. The zero-order chi connectivity index (χ0) is 13.5. The van der Waals surface area contributed by atoms with Crippen LogP contribution in [0.25, 0.3) is 0 Å². The number of nitrogens with zero attached hydrogens (tertiary/aromatic N) is 1. The van der Waals surface area contributed by atoms with Gasteiger partial charge in [0, 0.05) is 12.6 Å². The molecule has 2 rings (SSSR count). The van der Waals surface area contributed by atoms with Crippen LogP contribution < -0.4 is 10.1 Å². The van der Waals surface area contributed by atoms with Crippen LogP contribution in [0, 0.1) is 5.92 Å². The summed E-state index contributed by atoms with van der Waals surface area (Å²) in [7, 11) is 0. The molecule has 3 heteroatoms. The van der Waals surface area contributed by atoms with Gasteiger partial charge in [0.15, 0.2) is 0 Å². The minimum Gasteiger partial charge on any atom is -0.474 e. The predicted octanol–water partition coefficient (Wildman–Crippen LogP) is 4.25. The van der Waals surface area contributed by atoms with Gasteiger partial charge in [-0.25, -0.2) is 0 Å². The quantitative estimate of drug-likeness (QED) is 0.832. The average Bonchev–Trinajstić information content (AvgIpc) is 2.46. The molecule has 1 saturated carbocycles. The highest BCUT2D eigenvalue weighted by molar-refractivity contribution is 5.36. The van der Waals surface area contributed by atoms with Crippen molar-refractivity contribution in [3.8, 4) is 5.88 Å². The number of anilines is 1. The monoisotopic (exact) mass is 262 g/mol. The number of aromatic nitrogens is 1. The van der Waals surface area contributed by atoms with Crippen LogP contribution in [0.3, 0.4) is 0 Å². The average molecular weight is 262 g/mol. The minimum absolute atomic E-state index is 0.354. The Bertz CT molecular complexity index is 381. The highest BCUT2D eigenvalue weighted by Gasteiger charge is 2.25. The summed E-state index contributed by atoms with van der Waals surface area (Å²) >= 11 is 0. The summed E-state index contributed by atoms with van der Waals surface area (Å²) in [5, 5.41) is 3.31. The van der Waals surface area contributed by atoms with E-state index in [2.05, 4.69) is 24.1 Å². The molecule has 0 bridgehead atoms. The van der Waals surface area contributed by atoms with Crippen LogP contribution in [0.15, 0.2) is 18.2 Å². The van der Waals surface area contributed by atoms with Crippen LogP contribution in [-0.2, 0) is 0 Å². The van der Waals surface area contributed by atoms with Crippen molar-refractivity contribution < 1.29 is 4.74 Å². The van der Waals surface area contributed by atoms with E-state index in [9.17, 15) is 0 Å². The van der Waals surface area contributed by atoms with Crippen LogP contribution in [-0.4, -0.2) is 17.6 Å². The van der Waals surface area contributed by atoms with Crippen molar-refractivity contribution in [3.05, 3.63) is 18.2 Å². The smallest absolute Gasteiger partial charge is 0.215 e. The van der Waals surface area contributed by atoms with Crippen LogP contribution in [0.5, 0.6) is 5.88 Å². The Kier molecular flexibility index (Phi) is 5.49. The van der Waals surface area contributed by atoms with Gasteiger partial charge in [-0.2, -0.15) is 4.98 Å². The zero-order valence-corrected chi connectivity index (χ0v) is 12.2. The summed E-state index contributed by atoms with van der Waals surface area (Å²) in [5.74, 6) is 2.39. The molecule has 2 atom stereocenters. The van der Waals surface area contributed by atoms with Crippen molar-refractivity contribution in [2.75, 3.05) is 11.9 Å². The molecule has 1 aliphatic rings. The SMILES string of the molecule is CCCNc1cccc(OC2CCCCC2CC)n1. The van der Waals surface area contributed by atoms with Crippen molar-refractivity contribution >= 4 is 5.82 Å². The molecule has 0 aliphatic heterocycles. The van der Waals surface area contributed by atoms with E-state index in [-0.39, 0.29) is 0 Å². The first-order chi connectivity index (χ1) is 9.33. The molecule has 1 aliphatic carbocycles. The maximum Gasteiger partial charge on any atom is 0.215 e. The summed E-state index contributed by atoms with van der Waals surface area (Å²) < 4.78 is 6.13. The fourth-order valence-corrected chi connectivity index (χ4v) is 2.78. The Balaban J connectivity index is 1.97. The van der Waals surface area contributed by atoms with Gasteiger partial charge in [-0.3, -0.25) is 0 Å². The van der Waals surface area contributed by atoms with Crippen molar-refractivity contribution in [2.24, 2.45) is 5.92 Å². The van der Waals surface area contributed by atoms with Gasteiger partial charge in [0.1, 0.15) is 11.9 Å². The van der Waals surface area contributed by atoms with Crippen LogP contribution in [0.1, 0.15) is 52.4 Å². The standard InChI is InChI=1S/C16H26N2O/c1-3-12-17-15-10-7-11-16(18-15)19-14-9-6-5-8-13(14)4-2/h7,10-11,13-14H,3-6,8-9,12H2,1-2H3,(H,17,18). The van der Waals surface area contributed by atoms with Gasteiger partial charge in [-0.15, -0.1) is 0 Å². The van der Waals surface area contributed by atoms with E-state index in [4.69, 9.17) is 4.74 Å². The lowest BCUT2D eigenvalue weighted by Gasteiger charge is -2.30. The molecule has 0 aromatic carbocycles. The van der Waals surface area contributed by atoms with Crippen LogP contribution in [0.2, 0.25) is 0 Å². The van der Waals surface area contributed by atoms with E-state index in [0.717, 1.165) is 24.7 Å². The highest BCUT2D eigenvalue weighted by Crippen LogP contribution is 2.30. The fourth-order valence-electron chi connectivity index (χ4n) is 2.78. The van der Waals surface area contributed by atoms with E-state index in [1.54, 1.807) is 0 Å². The number of rotatable bonds is 6. The Morgan fingerprint density at radius 3 is 2.89 bits per heavy atom. The topological polar surface area (TPSA) is 34.1 Å². The first-order valence-corrected chi connectivity index (χ1v) is 7.71. The molecule has 1 aromatic heterocycles. The summed E-state index contributed by atoms with van der Waals surface area (Å²) in [4.78, 5) is 4.54.